The van der Waals surface area contributed by atoms with Gasteiger partial charge >= 0.3 is 6.18 Å². The minimum absolute atomic E-state index is 0.0142. The van der Waals surface area contributed by atoms with Crippen LogP contribution in [0.3, 0.4) is 0 Å². The van der Waals surface area contributed by atoms with E-state index in [4.69, 9.17) is 11.2 Å². The molecule has 1 atom stereocenters. The Morgan fingerprint density at radius 1 is 1.29 bits per heavy atom. The second-order valence-corrected chi connectivity index (χ2v) is 6.21. The van der Waals surface area contributed by atoms with Crippen LogP contribution in [0, 0.1) is 12.3 Å². The summed E-state index contributed by atoms with van der Waals surface area (Å²) in [6.45, 7) is 1.61. The highest BCUT2D eigenvalue weighted by atomic mass is 32.2. The third kappa shape index (κ3) is 4.32. The van der Waals surface area contributed by atoms with Crippen LogP contribution in [0.1, 0.15) is 12.6 Å². The first-order valence-electron chi connectivity index (χ1n) is 6.86. The lowest BCUT2D eigenvalue weighted by molar-refractivity contribution is -0.141. The summed E-state index contributed by atoms with van der Waals surface area (Å²) in [6, 6.07) is 7.13. The molecule has 0 radical (unpaired) electrons. The van der Waals surface area contributed by atoms with E-state index in [9.17, 15) is 17.4 Å². The lowest BCUT2D eigenvalue weighted by Gasteiger charge is -2.11. The maximum absolute atomic E-state index is 13.0. The van der Waals surface area contributed by atoms with E-state index in [2.05, 4.69) is 15.9 Å². The highest BCUT2D eigenvalue weighted by molar-refractivity contribution is 7.84. The zero-order valence-electron chi connectivity index (χ0n) is 12.6. The van der Waals surface area contributed by atoms with Gasteiger partial charge in [0.05, 0.1) is 16.5 Å². The van der Waals surface area contributed by atoms with Gasteiger partial charge in [-0.2, -0.15) is 13.2 Å². The second kappa shape index (κ2) is 7.45. The summed E-state index contributed by atoms with van der Waals surface area (Å²) in [5, 5.41) is -0.350. The van der Waals surface area contributed by atoms with Crippen LogP contribution in [0.25, 0.3) is 11.3 Å². The van der Waals surface area contributed by atoms with E-state index in [0.717, 1.165) is 6.07 Å². The Kier molecular flexibility index (Phi) is 5.57. The number of hydrogen-bond donors (Lipinski definition) is 0. The Morgan fingerprint density at radius 2 is 2.04 bits per heavy atom. The maximum Gasteiger partial charge on any atom is 0.433 e. The summed E-state index contributed by atoms with van der Waals surface area (Å²) < 4.78 is 56.2. The number of hydrogen-bond acceptors (Lipinski definition) is 4. The van der Waals surface area contributed by atoms with Crippen molar-refractivity contribution in [1.29, 1.82) is 0 Å². The number of rotatable bonds is 5. The summed E-state index contributed by atoms with van der Waals surface area (Å²) in [5.41, 5.74) is -0.744. The largest absolute Gasteiger partial charge is 0.481 e. The fourth-order valence-electron chi connectivity index (χ4n) is 1.82. The van der Waals surface area contributed by atoms with E-state index in [-0.39, 0.29) is 23.2 Å². The number of nitrogens with zero attached hydrogens (tertiary/aromatic N) is 2. The molecule has 0 aliphatic heterocycles. The van der Waals surface area contributed by atoms with Crippen LogP contribution in [-0.4, -0.2) is 26.5 Å². The van der Waals surface area contributed by atoms with Gasteiger partial charge in [-0.3, -0.25) is 4.21 Å². The maximum atomic E-state index is 13.0. The van der Waals surface area contributed by atoms with Gasteiger partial charge in [-0.15, -0.1) is 6.42 Å². The summed E-state index contributed by atoms with van der Waals surface area (Å²) in [6.07, 6.45) is 0.443. The van der Waals surface area contributed by atoms with Crippen LogP contribution in [-0.2, 0) is 17.0 Å². The first-order valence-corrected chi connectivity index (χ1v) is 8.18. The highest BCUT2D eigenvalue weighted by Gasteiger charge is 2.34. The highest BCUT2D eigenvalue weighted by Crippen LogP contribution is 2.31. The summed E-state index contributed by atoms with van der Waals surface area (Å²) in [4.78, 5) is 7.38. The van der Waals surface area contributed by atoms with E-state index in [1.54, 1.807) is 25.1 Å². The van der Waals surface area contributed by atoms with Crippen molar-refractivity contribution in [2.24, 2.45) is 0 Å². The lowest BCUT2D eigenvalue weighted by Crippen LogP contribution is -2.13. The number of benzene rings is 1. The lowest BCUT2D eigenvalue weighted by atomic mass is 10.1. The third-order valence-corrected chi connectivity index (χ3v) is 4.03. The minimum Gasteiger partial charge on any atom is -0.481 e. The summed E-state index contributed by atoms with van der Waals surface area (Å²) in [5.74, 6) is 2.82. The predicted molar refractivity (Wildman–Crippen MR) is 83.7 cm³/mol. The molecule has 8 heteroatoms. The Morgan fingerprint density at radius 3 is 2.67 bits per heavy atom. The molecule has 0 bridgehead atoms. The number of terminal acetylenes is 1. The molecule has 0 aliphatic carbocycles. The topological polar surface area (TPSA) is 52.1 Å². The van der Waals surface area contributed by atoms with Crippen LogP contribution in [0.2, 0.25) is 0 Å². The van der Waals surface area contributed by atoms with E-state index in [0.29, 0.717) is 11.3 Å². The molecule has 1 aromatic heterocycles. The first kappa shape index (κ1) is 17.9. The fraction of sp³-hybridized carbons (Fsp3) is 0.250. The smallest absolute Gasteiger partial charge is 0.433 e. The van der Waals surface area contributed by atoms with Crippen LogP contribution in [0.4, 0.5) is 13.2 Å². The van der Waals surface area contributed by atoms with Gasteiger partial charge in [-0.05, 0) is 18.2 Å². The van der Waals surface area contributed by atoms with Gasteiger partial charge in [0, 0.05) is 11.3 Å². The van der Waals surface area contributed by atoms with Crippen molar-refractivity contribution >= 4 is 10.8 Å². The van der Waals surface area contributed by atoms with Crippen LogP contribution >= 0.6 is 0 Å². The van der Waals surface area contributed by atoms with E-state index >= 15 is 0 Å². The van der Waals surface area contributed by atoms with Crippen molar-refractivity contribution in [1.82, 2.24) is 9.97 Å². The zero-order valence-corrected chi connectivity index (χ0v) is 13.4. The molecule has 1 heterocycles. The molecule has 0 amide bonds. The second-order valence-electron chi connectivity index (χ2n) is 4.57. The minimum atomic E-state index is -4.66. The Labute approximate surface area is 139 Å². The molecular formula is C16H13F3N2O2S. The number of ether oxygens (including phenoxy) is 1. The fourth-order valence-corrected chi connectivity index (χ4v) is 2.48. The van der Waals surface area contributed by atoms with E-state index < -0.39 is 22.7 Å². The Hall–Kier alpha value is -2.40. The molecule has 0 N–H and O–H groups in total. The SMILES string of the molecule is C#CCOc1cccc(-c2cc(C(F)(F)F)nc(S(=O)CC)n2)c1. The molecule has 2 rings (SSSR count). The average Bonchev–Trinajstić information content (AvgIpc) is 2.58. The van der Waals surface area contributed by atoms with E-state index in [1.807, 2.05) is 0 Å². The van der Waals surface area contributed by atoms with Crippen molar-refractivity contribution in [2.75, 3.05) is 12.4 Å². The van der Waals surface area contributed by atoms with Gasteiger partial charge in [0.15, 0.2) is 0 Å². The third-order valence-electron chi connectivity index (χ3n) is 2.91. The molecule has 0 spiro atoms. The molecule has 1 aromatic carbocycles. The van der Waals surface area contributed by atoms with Gasteiger partial charge in [0.25, 0.3) is 0 Å². The molecule has 0 aliphatic rings. The first-order chi connectivity index (χ1) is 11.3. The van der Waals surface area contributed by atoms with Gasteiger partial charge in [-0.25, -0.2) is 9.97 Å². The molecule has 2 aromatic rings. The van der Waals surface area contributed by atoms with Crippen molar-refractivity contribution in [3.05, 3.63) is 36.0 Å². The average molecular weight is 354 g/mol. The quantitative estimate of drug-likeness (QED) is 0.611. The number of alkyl halides is 3. The van der Waals surface area contributed by atoms with Gasteiger partial charge in [-0.1, -0.05) is 25.0 Å². The van der Waals surface area contributed by atoms with Crippen LogP contribution in [0.15, 0.2) is 35.5 Å². The normalized spacial score (nSPS) is 12.5. The molecule has 0 saturated carbocycles. The van der Waals surface area contributed by atoms with E-state index in [1.165, 1.54) is 6.07 Å². The van der Waals surface area contributed by atoms with Gasteiger partial charge in [0.1, 0.15) is 18.1 Å². The predicted octanol–water partition coefficient (Wildman–Crippen LogP) is 3.30. The van der Waals surface area contributed by atoms with Gasteiger partial charge in [0.2, 0.25) is 5.16 Å². The molecule has 24 heavy (non-hydrogen) atoms. The summed E-state index contributed by atoms with van der Waals surface area (Å²) >= 11 is 0. The van der Waals surface area contributed by atoms with Gasteiger partial charge < -0.3 is 4.74 Å². The van der Waals surface area contributed by atoms with Crippen molar-refractivity contribution < 1.29 is 22.1 Å². The summed E-state index contributed by atoms with van der Waals surface area (Å²) in [7, 11) is -1.71. The molecule has 4 nitrogen and oxygen atoms in total. The van der Waals surface area contributed by atoms with Crippen LogP contribution in [0.5, 0.6) is 5.75 Å². The molecule has 1 unspecified atom stereocenters. The number of halogens is 3. The van der Waals surface area contributed by atoms with Crippen LogP contribution < -0.4 is 4.74 Å². The Bertz CT molecular complexity index is 801. The number of aromatic nitrogens is 2. The Balaban J connectivity index is 2.53. The molecule has 0 fully saturated rings. The molecule has 0 saturated heterocycles. The monoisotopic (exact) mass is 354 g/mol. The molecular weight excluding hydrogens is 341 g/mol. The van der Waals surface area contributed by atoms with Crippen molar-refractivity contribution in [3.8, 4) is 29.4 Å². The zero-order chi connectivity index (χ0) is 17.7. The van der Waals surface area contributed by atoms with Crippen molar-refractivity contribution in [3.63, 3.8) is 0 Å². The molecule has 126 valence electrons. The van der Waals surface area contributed by atoms with Crippen molar-refractivity contribution in [2.45, 2.75) is 18.3 Å². The standard InChI is InChI=1S/C16H13F3N2O2S/c1-3-8-23-12-7-5-6-11(9-12)13-10-14(16(17,18)19)21-15(20-13)24(22)4-2/h1,5-7,9-10H,4,8H2,2H3.